The summed E-state index contributed by atoms with van der Waals surface area (Å²) >= 11 is 0. The molecule has 0 saturated carbocycles. The van der Waals surface area contributed by atoms with Gasteiger partial charge in [-0.25, -0.2) is 10.2 Å². The molecule has 0 fully saturated rings. The fourth-order valence-electron chi connectivity index (χ4n) is 2.69. The van der Waals surface area contributed by atoms with Crippen LogP contribution in [0.3, 0.4) is 0 Å². The highest BCUT2D eigenvalue weighted by molar-refractivity contribution is 5.95. The number of esters is 1. The van der Waals surface area contributed by atoms with Crippen LogP contribution in [0, 0.1) is 6.92 Å². The number of hydrazone groups is 1. The van der Waals surface area contributed by atoms with Crippen molar-refractivity contribution in [1.82, 2.24) is 5.43 Å². The van der Waals surface area contributed by atoms with Crippen LogP contribution < -0.4 is 19.6 Å². The molecule has 0 aliphatic carbocycles. The molecule has 1 amide bonds. The molecule has 0 saturated heterocycles. The monoisotopic (exact) mass is 418 g/mol. The first kappa shape index (κ1) is 21.6. The topological polar surface area (TPSA) is 86.2 Å². The van der Waals surface area contributed by atoms with Crippen LogP contribution >= 0.6 is 0 Å². The van der Waals surface area contributed by atoms with Gasteiger partial charge in [0, 0.05) is 5.56 Å². The third kappa shape index (κ3) is 5.70. The van der Waals surface area contributed by atoms with Gasteiger partial charge in [0.2, 0.25) is 0 Å². The minimum absolute atomic E-state index is 0.295. The number of nitrogens with zero attached hydrogens (tertiary/aromatic N) is 1. The number of carbonyl (C=O) groups excluding carboxylic acids is 2. The van der Waals surface area contributed by atoms with E-state index < -0.39 is 5.97 Å². The molecular weight excluding hydrogens is 396 g/mol. The highest BCUT2D eigenvalue weighted by Gasteiger charge is 2.13. The van der Waals surface area contributed by atoms with Crippen LogP contribution in [-0.4, -0.2) is 32.3 Å². The normalized spacial score (nSPS) is 10.5. The Morgan fingerprint density at radius 3 is 2.13 bits per heavy atom. The molecule has 0 unspecified atom stereocenters. The molecule has 0 spiro atoms. The van der Waals surface area contributed by atoms with Crippen molar-refractivity contribution in [2.45, 2.75) is 6.92 Å². The van der Waals surface area contributed by atoms with Crippen molar-refractivity contribution in [3.05, 3.63) is 89.0 Å². The van der Waals surface area contributed by atoms with E-state index in [2.05, 4.69) is 10.5 Å². The Morgan fingerprint density at radius 2 is 1.48 bits per heavy atom. The van der Waals surface area contributed by atoms with Crippen LogP contribution in [-0.2, 0) is 0 Å². The summed E-state index contributed by atoms with van der Waals surface area (Å²) in [6.07, 6.45) is 1.51. The maximum absolute atomic E-state index is 12.4. The van der Waals surface area contributed by atoms with Gasteiger partial charge in [0.25, 0.3) is 5.91 Å². The van der Waals surface area contributed by atoms with E-state index >= 15 is 0 Å². The molecule has 158 valence electrons. The van der Waals surface area contributed by atoms with Crippen molar-refractivity contribution in [1.29, 1.82) is 0 Å². The van der Waals surface area contributed by atoms with Gasteiger partial charge in [-0.15, -0.1) is 0 Å². The lowest BCUT2D eigenvalue weighted by Gasteiger charge is -2.09. The van der Waals surface area contributed by atoms with E-state index in [4.69, 9.17) is 14.2 Å². The number of nitrogens with one attached hydrogen (secondary N) is 1. The molecule has 3 rings (SSSR count). The Morgan fingerprint density at radius 1 is 0.839 bits per heavy atom. The molecular formula is C24H22N2O5. The highest BCUT2D eigenvalue weighted by atomic mass is 16.5. The molecule has 7 heteroatoms. The van der Waals surface area contributed by atoms with E-state index in [1.807, 2.05) is 19.1 Å². The van der Waals surface area contributed by atoms with Crippen molar-refractivity contribution in [2.24, 2.45) is 5.10 Å². The van der Waals surface area contributed by atoms with Crippen LogP contribution in [0.5, 0.6) is 17.2 Å². The second kappa shape index (κ2) is 10.1. The summed E-state index contributed by atoms with van der Waals surface area (Å²) in [6.45, 7) is 1.95. The largest absolute Gasteiger partial charge is 0.493 e. The molecule has 7 nitrogen and oxygen atoms in total. The molecule has 0 bridgehead atoms. The summed E-state index contributed by atoms with van der Waals surface area (Å²) < 4.78 is 15.8. The summed E-state index contributed by atoms with van der Waals surface area (Å²) in [5.74, 6) is 0.526. The Labute approximate surface area is 180 Å². The van der Waals surface area contributed by atoms with Crippen LogP contribution in [0.4, 0.5) is 0 Å². The number of benzene rings is 3. The smallest absolute Gasteiger partial charge is 0.343 e. The predicted octanol–water partition coefficient (Wildman–Crippen LogP) is 4.00. The molecule has 0 radical (unpaired) electrons. The summed E-state index contributed by atoms with van der Waals surface area (Å²) in [4.78, 5) is 24.4. The Hall–Kier alpha value is -4.13. The molecule has 3 aromatic rings. The number of hydrogen-bond acceptors (Lipinski definition) is 6. The molecule has 0 aromatic heterocycles. The van der Waals surface area contributed by atoms with Crippen LogP contribution in [0.2, 0.25) is 0 Å². The summed E-state index contributed by atoms with van der Waals surface area (Å²) in [7, 11) is 3.02. The summed E-state index contributed by atoms with van der Waals surface area (Å²) in [5.41, 5.74) is 5.15. The molecule has 0 atom stereocenters. The van der Waals surface area contributed by atoms with E-state index in [0.717, 1.165) is 11.1 Å². The van der Waals surface area contributed by atoms with Crippen LogP contribution in [0.25, 0.3) is 0 Å². The van der Waals surface area contributed by atoms with Gasteiger partial charge in [-0.05, 0) is 67.1 Å². The SMILES string of the molecule is COc1ccc(C(=O)Oc2ccc(C=NNC(=O)c3ccc(C)cc3)cc2)cc1OC. The highest BCUT2D eigenvalue weighted by Crippen LogP contribution is 2.28. The van der Waals surface area contributed by atoms with E-state index in [0.29, 0.717) is 28.4 Å². The Kier molecular flexibility index (Phi) is 7.01. The van der Waals surface area contributed by atoms with Crippen LogP contribution in [0.15, 0.2) is 71.8 Å². The van der Waals surface area contributed by atoms with E-state index in [1.165, 1.54) is 20.4 Å². The van der Waals surface area contributed by atoms with Gasteiger partial charge < -0.3 is 14.2 Å². The van der Waals surface area contributed by atoms with Gasteiger partial charge in [-0.2, -0.15) is 5.10 Å². The lowest BCUT2D eigenvalue weighted by Crippen LogP contribution is -2.17. The fourth-order valence-corrected chi connectivity index (χ4v) is 2.69. The average Bonchev–Trinajstić information content (AvgIpc) is 2.80. The second-order valence-corrected chi connectivity index (χ2v) is 6.59. The first-order valence-electron chi connectivity index (χ1n) is 9.44. The molecule has 1 N–H and O–H groups in total. The maximum atomic E-state index is 12.4. The Bertz CT molecular complexity index is 1090. The van der Waals surface area contributed by atoms with Gasteiger partial charge >= 0.3 is 5.97 Å². The standard InChI is InChI=1S/C24H22N2O5/c1-16-4-8-18(9-5-16)23(27)26-25-15-17-6-11-20(12-7-17)31-24(28)19-10-13-21(29-2)22(14-19)30-3/h4-15H,1-3H3,(H,26,27). The maximum Gasteiger partial charge on any atom is 0.343 e. The van der Waals surface area contributed by atoms with E-state index in [-0.39, 0.29) is 5.91 Å². The van der Waals surface area contributed by atoms with E-state index in [9.17, 15) is 9.59 Å². The minimum Gasteiger partial charge on any atom is -0.493 e. The fraction of sp³-hybridized carbons (Fsp3) is 0.125. The number of carbonyl (C=O) groups is 2. The van der Waals surface area contributed by atoms with Gasteiger partial charge in [0.05, 0.1) is 26.0 Å². The third-order valence-electron chi connectivity index (χ3n) is 4.40. The zero-order valence-electron chi connectivity index (χ0n) is 17.4. The lowest BCUT2D eigenvalue weighted by molar-refractivity contribution is 0.0734. The van der Waals surface area contributed by atoms with Crippen molar-refractivity contribution in [3.63, 3.8) is 0 Å². The number of amides is 1. The van der Waals surface area contributed by atoms with Crippen molar-refractivity contribution in [2.75, 3.05) is 14.2 Å². The number of rotatable bonds is 7. The molecule has 31 heavy (non-hydrogen) atoms. The second-order valence-electron chi connectivity index (χ2n) is 6.59. The lowest BCUT2D eigenvalue weighted by atomic mass is 10.1. The van der Waals surface area contributed by atoms with Gasteiger partial charge in [-0.1, -0.05) is 17.7 Å². The van der Waals surface area contributed by atoms with Crippen molar-refractivity contribution >= 4 is 18.1 Å². The molecule has 0 heterocycles. The number of aryl methyl sites for hydroxylation is 1. The zero-order valence-corrected chi connectivity index (χ0v) is 17.4. The first-order valence-corrected chi connectivity index (χ1v) is 9.44. The van der Waals surface area contributed by atoms with Crippen molar-refractivity contribution < 1.29 is 23.8 Å². The zero-order chi connectivity index (χ0) is 22.2. The van der Waals surface area contributed by atoms with Gasteiger partial charge in [-0.3, -0.25) is 4.79 Å². The number of ether oxygens (including phenoxy) is 3. The molecule has 0 aliphatic heterocycles. The molecule has 3 aromatic carbocycles. The average molecular weight is 418 g/mol. The van der Waals surface area contributed by atoms with Gasteiger partial charge in [0.15, 0.2) is 11.5 Å². The van der Waals surface area contributed by atoms with E-state index in [1.54, 1.807) is 54.6 Å². The third-order valence-corrected chi connectivity index (χ3v) is 4.40. The molecule has 0 aliphatic rings. The van der Waals surface area contributed by atoms with Gasteiger partial charge in [0.1, 0.15) is 5.75 Å². The first-order chi connectivity index (χ1) is 15.0. The number of methoxy groups -OCH3 is 2. The quantitative estimate of drug-likeness (QED) is 0.271. The summed E-state index contributed by atoms with van der Waals surface area (Å²) in [5, 5.41) is 3.96. The van der Waals surface area contributed by atoms with Crippen molar-refractivity contribution in [3.8, 4) is 17.2 Å². The summed E-state index contributed by atoms with van der Waals surface area (Å²) in [6, 6.07) is 18.7. The minimum atomic E-state index is -0.521. The predicted molar refractivity (Wildman–Crippen MR) is 117 cm³/mol. The Balaban J connectivity index is 1.58. The number of hydrogen-bond donors (Lipinski definition) is 1. The van der Waals surface area contributed by atoms with Crippen LogP contribution in [0.1, 0.15) is 31.8 Å².